The maximum atomic E-state index is 13.7. The number of amides is 2. The first-order chi connectivity index (χ1) is 14.2. The predicted molar refractivity (Wildman–Crippen MR) is 120 cm³/mol. The number of cyclic esters (lactones) is 1. The first-order valence-corrected chi connectivity index (χ1v) is 14.4. The highest BCUT2D eigenvalue weighted by atomic mass is 28.3. The van der Waals surface area contributed by atoms with Crippen LogP contribution in [0.2, 0.25) is 19.6 Å². The van der Waals surface area contributed by atoms with E-state index < -0.39 is 48.6 Å². The highest BCUT2D eigenvalue weighted by Crippen LogP contribution is 2.58. The molecular weight excluding hydrogens is 410 g/mol. The Bertz CT molecular complexity index is 989. The van der Waals surface area contributed by atoms with Crippen LogP contribution in [0.3, 0.4) is 0 Å². The third-order valence-corrected chi connectivity index (χ3v) is 7.92. The number of carbonyl (C=O) groups is 3. The summed E-state index contributed by atoms with van der Waals surface area (Å²) in [7, 11) is -1.75. The normalized spacial score (nSPS) is 34.7. The van der Waals surface area contributed by atoms with E-state index in [9.17, 15) is 14.4 Å². The third kappa shape index (κ3) is 3.21. The zero-order valence-electron chi connectivity index (χ0n) is 19.3. The van der Waals surface area contributed by atoms with Crippen molar-refractivity contribution < 1.29 is 23.9 Å². The van der Waals surface area contributed by atoms with E-state index >= 15 is 0 Å². The molecule has 1 spiro atoms. The second-order valence-electron chi connectivity index (χ2n) is 11.1. The van der Waals surface area contributed by atoms with Crippen molar-refractivity contribution in [3.05, 3.63) is 41.6 Å². The van der Waals surface area contributed by atoms with Crippen molar-refractivity contribution in [3.8, 4) is 0 Å². The molecule has 166 valence electrons. The minimum absolute atomic E-state index is 0.219. The minimum Gasteiger partial charge on any atom is -0.431 e. The van der Waals surface area contributed by atoms with Gasteiger partial charge in [0.15, 0.2) is 5.60 Å². The highest BCUT2D eigenvalue weighted by Gasteiger charge is 2.74. The van der Waals surface area contributed by atoms with Gasteiger partial charge < -0.3 is 9.47 Å². The van der Waals surface area contributed by atoms with Crippen molar-refractivity contribution in [2.75, 3.05) is 4.90 Å². The first-order valence-electron chi connectivity index (χ1n) is 10.8. The van der Waals surface area contributed by atoms with E-state index in [1.165, 1.54) is 4.90 Å². The fraction of sp³-hybridized carbons (Fsp3) is 0.542. The van der Waals surface area contributed by atoms with E-state index in [2.05, 4.69) is 25.3 Å². The van der Waals surface area contributed by atoms with Crippen LogP contribution < -0.4 is 4.90 Å². The molecule has 0 radical (unpaired) electrons. The van der Waals surface area contributed by atoms with Crippen LogP contribution in [-0.4, -0.2) is 37.2 Å². The Hall–Kier alpha value is -2.25. The molecule has 7 heteroatoms. The summed E-state index contributed by atoms with van der Waals surface area (Å²) in [6, 6.07) is 8.88. The molecule has 0 N–H and O–H groups in total. The molecule has 2 heterocycles. The summed E-state index contributed by atoms with van der Waals surface area (Å²) in [5.74, 6) is -4.03. The van der Waals surface area contributed by atoms with Crippen LogP contribution in [0.25, 0.3) is 0 Å². The van der Waals surface area contributed by atoms with Crippen molar-refractivity contribution >= 4 is 31.5 Å². The average Bonchev–Trinajstić information content (AvgIpc) is 3.18. The fourth-order valence-corrected chi connectivity index (χ4v) is 6.24. The number of para-hydroxylation sites is 1. The summed E-state index contributed by atoms with van der Waals surface area (Å²) >= 11 is 0. The summed E-state index contributed by atoms with van der Waals surface area (Å²) in [6.45, 7) is 14.0. The van der Waals surface area contributed by atoms with Gasteiger partial charge in [0, 0.05) is 18.8 Å². The third-order valence-electron chi connectivity index (χ3n) is 6.68. The van der Waals surface area contributed by atoms with E-state index in [-0.39, 0.29) is 12.3 Å². The number of hydrogen-bond acceptors (Lipinski definition) is 5. The lowest BCUT2D eigenvalue weighted by Gasteiger charge is -2.37. The van der Waals surface area contributed by atoms with Crippen molar-refractivity contribution in [1.29, 1.82) is 0 Å². The van der Waals surface area contributed by atoms with E-state index in [4.69, 9.17) is 9.47 Å². The van der Waals surface area contributed by atoms with Crippen LogP contribution in [0.15, 0.2) is 41.6 Å². The number of hydrogen-bond donors (Lipinski definition) is 0. The van der Waals surface area contributed by atoms with Crippen molar-refractivity contribution in [2.24, 2.45) is 17.3 Å². The molecule has 3 aliphatic rings. The Morgan fingerprint density at radius 1 is 1.06 bits per heavy atom. The molecule has 1 aromatic carbocycles. The number of rotatable bonds is 2. The Kier molecular flexibility index (Phi) is 4.69. The lowest BCUT2D eigenvalue weighted by molar-refractivity contribution is -0.235. The maximum absolute atomic E-state index is 13.7. The van der Waals surface area contributed by atoms with E-state index in [0.717, 1.165) is 5.57 Å². The molecule has 3 fully saturated rings. The molecule has 2 amide bonds. The van der Waals surface area contributed by atoms with Crippen molar-refractivity contribution in [1.82, 2.24) is 0 Å². The van der Waals surface area contributed by atoms with Gasteiger partial charge in [-0.25, -0.2) is 9.69 Å². The van der Waals surface area contributed by atoms with Gasteiger partial charge in [-0.05, 0) is 12.1 Å². The van der Waals surface area contributed by atoms with Gasteiger partial charge in [0.05, 0.1) is 25.6 Å². The number of fused-ring (bicyclic) bond motifs is 2. The van der Waals surface area contributed by atoms with Gasteiger partial charge in [-0.15, -0.1) is 0 Å². The summed E-state index contributed by atoms with van der Waals surface area (Å²) in [4.78, 5) is 41.8. The largest absolute Gasteiger partial charge is 0.431 e. The molecule has 31 heavy (non-hydrogen) atoms. The number of carbonyl (C=O) groups excluding carboxylic acids is 3. The fourth-order valence-electron chi connectivity index (χ4n) is 4.84. The van der Waals surface area contributed by atoms with Crippen LogP contribution in [0.4, 0.5) is 5.69 Å². The quantitative estimate of drug-likeness (QED) is 0.393. The number of benzene rings is 1. The van der Waals surface area contributed by atoms with Gasteiger partial charge in [0.25, 0.3) is 0 Å². The van der Waals surface area contributed by atoms with Crippen LogP contribution >= 0.6 is 0 Å². The number of esters is 1. The molecule has 1 aliphatic carbocycles. The molecule has 0 unspecified atom stereocenters. The maximum Gasteiger partial charge on any atom is 0.342 e. The number of imide groups is 1. The van der Waals surface area contributed by atoms with Crippen LogP contribution in [0.1, 0.15) is 34.1 Å². The van der Waals surface area contributed by atoms with Gasteiger partial charge in [-0.2, -0.15) is 0 Å². The SMILES string of the molecule is CC(C)(C)[C@]1(C)OC(=O)[C@]2(C/C(=C/[Si](C)(C)C)[C@@H]3C(=O)N(c4ccccc4)C(=O)[C@@H]32)O1. The predicted octanol–water partition coefficient (Wildman–Crippen LogP) is 4.07. The van der Waals surface area contributed by atoms with Crippen LogP contribution in [0.5, 0.6) is 0 Å². The van der Waals surface area contributed by atoms with Gasteiger partial charge in [0.2, 0.25) is 17.6 Å². The molecular formula is C24H31NO5Si. The zero-order valence-corrected chi connectivity index (χ0v) is 20.3. The van der Waals surface area contributed by atoms with Crippen molar-refractivity contribution in [3.63, 3.8) is 0 Å². The molecule has 4 atom stereocenters. The molecule has 2 saturated heterocycles. The second kappa shape index (κ2) is 6.62. The van der Waals surface area contributed by atoms with Crippen LogP contribution in [-0.2, 0) is 23.9 Å². The minimum atomic E-state index is -1.75. The summed E-state index contributed by atoms with van der Waals surface area (Å²) in [5.41, 5.74) is 1.50. The number of nitrogens with zero attached hydrogens (tertiary/aromatic N) is 1. The number of anilines is 1. The van der Waals surface area contributed by atoms with Gasteiger partial charge >= 0.3 is 5.97 Å². The average molecular weight is 442 g/mol. The Morgan fingerprint density at radius 2 is 1.68 bits per heavy atom. The number of ether oxygens (including phenoxy) is 2. The monoisotopic (exact) mass is 441 g/mol. The molecule has 4 rings (SSSR count). The summed E-state index contributed by atoms with van der Waals surface area (Å²) in [5, 5.41) is 0. The first kappa shape index (κ1) is 22.0. The Morgan fingerprint density at radius 3 is 2.19 bits per heavy atom. The highest BCUT2D eigenvalue weighted by molar-refractivity contribution is 6.81. The van der Waals surface area contributed by atoms with Gasteiger partial charge in [-0.1, -0.05) is 69.9 Å². The molecule has 1 aromatic rings. The van der Waals surface area contributed by atoms with E-state index in [1.807, 2.05) is 26.8 Å². The van der Waals surface area contributed by atoms with E-state index in [1.54, 1.807) is 31.2 Å². The molecule has 2 aliphatic heterocycles. The molecule has 6 nitrogen and oxygen atoms in total. The van der Waals surface area contributed by atoms with Crippen molar-refractivity contribution in [2.45, 2.75) is 65.1 Å². The lowest BCUT2D eigenvalue weighted by atomic mass is 9.85. The summed E-state index contributed by atoms with van der Waals surface area (Å²) in [6.07, 6.45) is 0.219. The zero-order chi connectivity index (χ0) is 23.0. The van der Waals surface area contributed by atoms with E-state index in [0.29, 0.717) is 5.69 Å². The lowest BCUT2D eigenvalue weighted by Crippen LogP contribution is -2.48. The molecule has 1 saturated carbocycles. The topological polar surface area (TPSA) is 72.9 Å². The molecule has 0 aromatic heterocycles. The standard InChI is InChI=1S/C24H31NO5Si/c1-22(2,3)23(4)29-21(28)24(30-23)13-15(14-31(5,6)7)17-18(24)20(27)25(19(17)26)16-11-9-8-10-12-16/h8-12,14,17-18H,13H2,1-7H3/b15-14-/t17-,18+,23+,24+/m0/s1. The Balaban J connectivity index is 1.87. The second-order valence-corrected chi connectivity index (χ2v) is 16.2. The van der Waals surface area contributed by atoms with Crippen LogP contribution in [0, 0.1) is 17.3 Å². The Labute approximate surface area is 184 Å². The summed E-state index contributed by atoms with van der Waals surface area (Å²) < 4.78 is 12.2. The smallest absolute Gasteiger partial charge is 0.342 e. The molecule has 0 bridgehead atoms. The van der Waals surface area contributed by atoms with Gasteiger partial charge in [-0.3, -0.25) is 9.59 Å². The van der Waals surface area contributed by atoms with Gasteiger partial charge in [0.1, 0.15) is 0 Å².